The van der Waals surface area contributed by atoms with Crippen molar-refractivity contribution in [1.82, 2.24) is 15.0 Å². The summed E-state index contributed by atoms with van der Waals surface area (Å²) in [6, 6.07) is 74.7. The van der Waals surface area contributed by atoms with Gasteiger partial charge in [0.15, 0.2) is 5.82 Å². The van der Waals surface area contributed by atoms with Crippen LogP contribution in [0.1, 0.15) is 22.3 Å². The topological polar surface area (TPSA) is 61.0 Å². The summed E-state index contributed by atoms with van der Waals surface area (Å²) in [5.74, 6) is 2.42. The summed E-state index contributed by atoms with van der Waals surface area (Å²) in [4.78, 5) is 15.8. The molecule has 0 amide bonds. The van der Waals surface area contributed by atoms with E-state index in [4.69, 9.17) is 24.1 Å². The molecule has 1 aliphatic carbocycles. The molecule has 65 heavy (non-hydrogen) atoms. The van der Waals surface area contributed by atoms with Crippen LogP contribution in [0.15, 0.2) is 217 Å². The third-order valence-corrected chi connectivity index (χ3v) is 13.6. The molecule has 0 radical (unpaired) electrons. The number of aromatic nitrogens is 3. The molecular weight excluding hydrogens is 795 g/mol. The highest BCUT2D eigenvalue weighted by Gasteiger charge is 2.51. The van der Waals surface area contributed by atoms with Crippen molar-refractivity contribution in [3.63, 3.8) is 0 Å². The van der Waals surface area contributed by atoms with E-state index in [1.165, 1.54) is 22.3 Å². The van der Waals surface area contributed by atoms with Gasteiger partial charge >= 0.3 is 0 Å². The average Bonchev–Trinajstić information content (AvgIpc) is 3.89. The third kappa shape index (κ3) is 5.18. The van der Waals surface area contributed by atoms with Gasteiger partial charge in [0.05, 0.1) is 28.0 Å². The van der Waals surface area contributed by atoms with Crippen molar-refractivity contribution >= 4 is 43.6 Å². The molecule has 302 valence electrons. The number of fused-ring (bicyclic) bond motifs is 15. The second kappa shape index (κ2) is 13.7. The van der Waals surface area contributed by atoms with E-state index in [2.05, 4.69) is 176 Å². The minimum atomic E-state index is -0.567. The van der Waals surface area contributed by atoms with Crippen molar-refractivity contribution in [2.45, 2.75) is 5.41 Å². The molecule has 0 atom stereocenters. The monoisotopic (exact) mass is 829 g/mol. The summed E-state index contributed by atoms with van der Waals surface area (Å²) >= 11 is 0. The van der Waals surface area contributed by atoms with Crippen molar-refractivity contribution in [1.29, 1.82) is 0 Å². The summed E-state index contributed by atoms with van der Waals surface area (Å²) in [5.41, 5.74) is 15.7. The Morgan fingerprint density at radius 3 is 1.80 bits per heavy atom. The van der Waals surface area contributed by atoms with Crippen LogP contribution in [0.25, 0.3) is 99.9 Å². The van der Waals surface area contributed by atoms with Gasteiger partial charge in [-0.3, -0.25) is 0 Å². The number of nitrogens with zero attached hydrogens (tertiary/aromatic N) is 3. The fourth-order valence-corrected chi connectivity index (χ4v) is 10.7. The minimum Gasteiger partial charge on any atom is -0.457 e. The summed E-state index contributed by atoms with van der Waals surface area (Å²) in [7, 11) is 0. The third-order valence-electron chi connectivity index (χ3n) is 13.6. The van der Waals surface area contributed by atoms with Gasteiger partial charge < -0.3 is 9.15 Å². The van der Waals surface area contributed by atoms with E-state index >= 15 is 0 Å². The molecule has 5 nitrogen and oxygen atoms in total. The van der Waals surface area contributed by atoms with Gasteiger partial charge in [0.25, 0.3) is 0 Å². The molecule has 0 saturated heterocycles. The average molecular weight is 830 g/mol. The first-order valence-electron chi connectivity index (χ1n) is 22.0. The van der Waals surface area contributed by atoms with Gasteiger partial charge in [0.1, 0.15) is 22.7 Å². The maximum Gasteiger partial charge on any atom is 0.160 e. The lowest BCUT2D eigenvalue weighted by Gasteiger charge is -2.39. The van der Waals surface area contributed by atoms with Crippen LogP contribution in [-0.2, 0) is 5.41 Å². The van der Waals surface area contributed by atoms with Crippen LogP contribution >= 0.6 is 0 Å². The lowest BCUT2D eigenvalue weighted by atomic mass is 9.66. The van der Waals surface area contributed by atoms with Crippen molar-refractivity contribution in [2.24, 2.45) is 0 Å². The lowest BCUT2D eigenvalue weighted by Crippen LogP contribution is -2.32. The maximum absolute atomic E-state index is 6.63. The van der Waals surface area contributed by atoms with Gasteiger partial charge in [0, 0.05) is 54.9 Å². The Bertz CT molecular complexity index is 3880. The molecule has 5 heteroatoms. The first-order valence-corrected chi connectivity index (χ1v) is 22.0. The Labute approximate surface area is 373 Å². The Morgan fingerprint density at radius 1 is 0.354 bits per heavy atom. The number of para-hydroxylation sites is 5. The Kier molecular flexibility index (Phi) is 7.54. The van der Waals surface area contributed by atoms with E-state index in [0.717, 1.165) is 106 Å². The number of furan rings is 1. The van der Waals surface area contributed by atoms with Gasteiger partial charge in [-0.05, 0) is 76.2 Å². The molecule has 14 rings (SSSR count). The molecular formula is C60H35N3O2. The van der Waals surface area contributed by atoms with Gasteiger partial charge in [-0.25, -0.2) is 15.0 Å². The molecule has 0 unspecified atom stereocenters. The van der Waals surface area contributed by atoms with E-state index in [0.29, 0.717) is 5.82 Å². The predicted molar refractivity (Wildman–Crippen MR) is 261 cm³/mol. The predicted octanol–water partition coefficient (Wildman–Crippen LogP) is 15.2. The molecule has 0 fully saturated rings. The zero-order chi connectivity index (χ0) is 42.6. The number of hydrogen-bond acceptors (Lipinski definition) is 5. The summed E-state index contributed by atoms with van der Waals surface area (Å²) in [6.45, 7) is 0. The van der Waals surface area contributed by atoms with E-state index in [9.17, 15) is 0 Å². The zero-order valence-corrected chi connectivity index (χ0v) is 34.9. The fraction of sp³-hybridized carbons (Fsp3) is 0.0167. The van der Waals surface area contributed by atoms with Crippen LogP contribution in [0, 0.1) is 0 Å². The zero-order valence-electron chi connectivity index (χ0n) is 34.9. The van der Waals surface area contributed by atoms with Crippen LogP contribution < -0.4 is 4.74 Å². The van der Waals surface area contributed by atoms with E-state index in [1.54, 1.807) is 0 Å². The number of hydrogen-bond donors (Lipinski definition) is 0. The number of benzene rings is 9. The Hall–Kier alpha value is -8.67. The Morgan fingerprint density at radius 2 is 0.985 bits per heavy atom. The summed E-state index contributed by atoms with van der Waals surface area (Å²) in [6.07, 6.45) is 0. The quantitative estimate of drug-likeness (QED) is 0.165. The standard InChI is InChI=1S/C60H35N3O2/c1-2-15-38(16-3-1)59-62-52(35-53(63-59)43-21-14-20-42-41-19-6-11-26-54(41)65-58(42)43)36-29-31-37(32-30-36)57-46-33-45-39-17-4-7-22-47(39)60(50(45)34-44(46)40-18-5-10-25-51(40)61-57)48-23-8-12-27-55(48)64-56-28-13-9-24-49(56)60/h1-35H. The maximum atomic E-state index is 6.63. The van der Waals surface area contributed by atoms with E-state index in [-0.39, 0.29) is 0 Å². The molecule has 3 aromatic heterocycles. The Balaban J connectivity index is 0.960. The highest BCUT2D eigenvalue weighted by atomic mass is 16.5. The molecule has 1 aliphatic heterocycles. The molecule has 4 heterocycles. The second-order valence-corrected chi connectivity index (χ2v) is 17.0. The molecule has 12 aromatic rings. The van der Waals surface area contributed by atoms with Crippen molar-refractivity contribution in [3.05, 3.63) is 235 Å². The number of pyridine rings is 1. The molecule has 2 aliphatic rings. The normalized spacial score (nSPS) is 13.2. The summed E-state index contributed by atoms with van der Waals surface area (Å²) < 4.78 is 13.1. The van der Waals surface area contributed by atoms with Crippen molar-refractivity contribution < 1.29 is 9.15 Å². The van der Waals surface area contributed by atoms with Crippen LogP contribution in [0.2, 0.25) is 0 Å². The highest BCUT2D eigenvalue weighted by Crippen LogP contribution is 2.62. The molecule has 9 aromatic carbocycles. The number of rotatable bonds is 4. The molecule has 0 saturated carbocycles. The summed E-state index contributed by atoms with van der Waals surface area (Å²) in [5, 5.41) is 5.53. The SMILES string of the molecule is c1ccc(-c2nc(-c3ccc(-c4nc5ccccc5c5cc6c(cc45)-c4ccccc4C64c5ccccc5Oc5ccccc54)cc3)cc(-c3cccc4c3oc3ccccc34)n2)cc1. The lowest BCUT2D eigenvalue weighted by molar-refractivity contribution is 0.436. The number of ether oxygens (including phenoxy) is 1. The van der Waals surface area contributed by atoms with E-state index in [1.807, 2.05) is 36.4 Å². The van der Waals surface area contributed by atoms with Crippen LogP contribution in [0.5, 0.6) is 11.5 Å². The molecule has 0 N–H and O–H groups in total. The van der Waals surface area contributed by atoms with Gasteiger partial charge in [0.2, 0.25) is 0 Å². The largest absolute Gasteiger partial charge is 0.457 e. The first kappa shape index (κ1) is 35.9. The van der Waals surface area contributed by atoms with Crippen LogP contribution in [-0.4, -0.2) is 15.0 Å². The van der Waals surface area contributed by atoms with Gasteiger partial charge in [-0.15, -0.1) is 0 Å². The second-order valence-electron chi connectivity index (χ2n) is 17.0. The van der Waals surface area contributed by atoms with Crippen LogP contribution in [0.3, 0.4) is 0 Å². The molecule has 1 spiro atoms. The minimum absolute atomic E-state index is 0.567. The van der Waals surface area contributed by atoms with E-state index < -0.39 is 5.41 Å². The molecule has 0 bridgehead atoms. The fourth-order valence-electron chi connectivity index (χ4n) is 10.7. The highest BCUT2D eigenvalue weighted by molar-refractivity contribution is 6.14. The smallest absolute Gasteiger partial charge is 0.160 e. The first-order chi connectivity index (χ1) is 32.2. The van der Waals surface area contributed by atoms with Crippen molar-refractivity contribution in [2.75, 3.05) is 0 Å². The van der Waals surface area contributed by atoms with Gasteiger partial charge in [-0.2, -0.15) is 0 Å². The van der Waals surface area contributed by atoms with Gasteiger partial charge in [-0.1, -0.05) is 164 Å². The van der Waals surface area contributed by atoms with Crippen molar-refractivity contribution in [3.8, 4) is 67.8 Å². The van der Waals surface area contributed by atoms with Crippen LogP contribution in [0.4, 0.5) is 0 Å².